The van der Waals surface area contributed by atoms with Crippen LogP contribution in [0.5, 0.6) is 0 Å². The summed E-state index contributed by atoms with van der Waals surface area (Å²) in [6, 6.07) is 1.35. The lowest BCUT2D eigenvalue weighted by Crippen LogP contribution is -2.39. The highest BCUT2D eigenvalue weighted by Crippen LogP contribution is 2.32. The summed E-state index contributed by atoms with van der Waals surface area (Å²) in [4.78, 5) is 22.4. The van der Waals surface area contributed by atoms with Crippen molar-refractivity contribution in [3.63, 3.8) is 0 Å². The Labute approximate surface area is 118 Å². The molecule has 8 heteroatoms. The monoisotopic (exact) mass is 304 g/mol. The first-order valence-corrected chi connectivity index (χ1v) is 6.04. The fourth-order valence-electron chi connectivity index (χ4n) is 1.76. The molecule has 0 aliphatic carbocycles. The van der Waals surface area contributed by atoms with Gasteiger partial charge in [-0.1, -0.05) is 13.8 Å². The molecule has 0 radical (unpaired) electrons. The van der Waals surface area contributed by atoms with E-state index in [1.54, 1.807) is 13.8 Å². The molecule has 0 saturated carbocycles. The molecule has 0 fully saturated rings. The first-order chi connectivity index (χ1) is 9.54. The zero-order chi connectivity index (χ0) is 16.4. The third-order valence-corrected chi connectivity index (χ3v) is 2.86. The van der Waals surface area contributed by atoms with Crippen LogP contribution in [-0.4, -0.2) is 23.0 Å². The Morgan fingerprint density at radius 2 is 1.86 bits per heavy atom. The van der Waals surface area contributed by atoms with E-state index in [9.17, 15) is 22.8 Å². The van der Waals surface area contributed by atoms with Gasteiger partial charge in [-0.2, -0.15) is 13.2 Å². The summed E-state index contributed by atoms with van der Waals surface area (Å²) in [5, 5.41) is 11.6. The molecule has 21 heavy (non-hydrogen) atoms. The van der Waals surface area contributed by atoms with Crippen molar-refractivity contribution >= 4 is 17.6 Å². The standard InChI is InChI=1S/C13H15F3N2O3/c1-6(2)10(11(17)19)18-9-4-3-7(13(14,15)16)5-8(9)12(20)21/h3-6,10,18H,1-2H3,(H2,17,19)(H,20,21). The van der Waals surface area contributed by atoms with Crippen LogP contribution >= 0.6 is 0 Å². The first kappa shape index (κ1) is 16.8. The fourth-order valence-corrected chi connectivity index (χ4v) is 1.76. The molecule has 0 aliphatic rings. The van der Waals surface area contributed by atoms with E-state index in [-0.39, 0.29) is 11.6 Å². The number of hydrogen-bond acceptors (Lipinski definition) is 3. The highest BCUT2D eigenvalue weighted by molar-refractivity contribution is 5.95. The number of carbonyl (C=O) groups is 2. The van der Waals surface area contributed by atoms with Crippen LogP contribution in [0.25, 0.3) is 0 Å². The van der Waals surface area contributed by atoms with Gasteiger partial charge in [-0.15, -0.1) is 0 Å². The predicted octanol–water partition coefficient (Wildman–Crippen LogP) is 2.33. The van der Waals surface area contributed by atoms with Gasteiger partial charge in [0.25, 0.3) is 0 Å². The number of amides is 1. The molecular formula is C13H15F3N2O3. The maximum absolute atomic E-state index is 12.6. The lowest BCUT2D eigenvalue weighted by Gasteiger charge is -2.21. The average Bonchev–Trinajstić information content (AvgIpc) is 2.33. The van der Waals surface area contributed by atoms with E-state index >= 15 is 0 Å². The molecule has 1 aromatic rings. The highest BCUT2D eigenvalue weighted by Gasteiger charge is 2.32. The number of anilines is 1. The van der Waals surface area contributed by atoms with Crippen LogP contribution in [0.1, 0.15) is 29.8 Å². The number of benzene rings is 1. The minimum atomic E-state index is -4.65. The second-order valence-electron chi connectivity index (χ2n) is 4.83. The van der Waals surface area contributed by atoms with E-state index in [1.165, 1.54) is 0 Å². The van der Waals surface area contributed by atoms with Gasteiger partial charge in [0.15, 0.2) is 0 Å². The normalized spacial score (nSPS) is 13.0. The number of nitrogens with two attached hydrogens (primary N) is 1. The van der Waals surface area contributed by atoms with Crippen LogP contribution in [0, 0.1) is 5.92 Å². The molecular weight excluding hydrogens is 289 g/mol. The number of hydrogen-bond donors (Lipinski definition) is 3. The van der Waals surface area contributed by atoms with Crippen LogP contribution in [0.2, 0.25) is 0 Å². The molecule has 4 N–H and O–H groups in total. The van der Waals surface area contributed by atoms with E-state index in [1.807, 2.05) is 0 Å². The van der Waals surface area contributed by atoms with Gasteiger partial charge in [-0.25, -0.2) is 4.79 Å². The van der Waals surface area contributed by atoms with Crippen LogP contribution < -0.4 is 11.1 Å². The van der Waals surface area contributed by atoms with Gasteiger partial charge >= 0.3 is 12.1 Å². The van der Waals surface area contributed by atoms with Crippen molar-refractivity contribution in [1.29, 1.82) is 0 Å². The number of rotatable bonds is 5. The van der Waals surface area contributed by atoms with Gasteiger partial charge in [0.05, 0.1) is 11.1 Å². The minimum absolute atomic E-state index is 0.0898. The molecule has 1 unspecified atom stereocenters. The van der Waals surface area contributed by atoms with Crippen LogP contribution in [0.4, 0.5) is 18.9 Å². The topological polar surface area (TPSA) is 92.4 Å². The smallest absolute Gasteiger partial charge is 0.416 e. The Kier molecular flexibility index (Phi) is 4.82. The molecule has 0 bridgehead atoms. The van der Waals surface area contributed by atoms with E-state index < -0.39 is 35.2 Å². The second kappa shape index (κ2) is 6.02. The van der Waals surface area contributed by atoms with Crippen LogP contribution in [-0.2, 0) is 11.0 Å². The maximum Gasteiger partial charge on any atom is 0.416 e. The van der Waals surface area contributed by atoms with E-state index in [0.29, 0.717) is 6.07 Å². The Morgan fingerprint density at radius 3 is 2.24 bits per heavy atom. The lowest BCUT2D eigenvalue weighted by atomic mass is 10.0. The number of nitrogens with one attached hydrogen (secondary N) is 1. The van der Waals surface area contributed by atoms with Crippen molar-refractivity contribution in [3.8, 4) is 0 Å². The quantitative estimate of drug-likeness (QED) is 0.778. The molecule has 1 amide bonds. The fraction of sp³-hybridized carbons (Fsp3) is 0.385. The van der Waals surface area contributed by atoms with Gasteiger partial charge in [0, 0.05) is 5.69 Å². The number of halogens is 3. The van der Waals surface area contributed by atoms with Gasteiger partial charge in [-0.05, 0) is 24.1 Å². The summed E-state index contributed by atoms with van der Waals surface area (Å²) in [7, 11) is 0. The number of primary amides is 1. The molecule has 1 atom stereocenters. The SMILES string of the molecule is CC(C)C(Nc1ccc(C(F)(F)F)cc1C(=O)O)C(N)=O. The van der Waals surface area contributed by atoms with Gasteiger partial charge in [0.1, 0.15) is 6.04 Å². The van der Waals surface area contributed by atoms with Crippen molar-refractivity contribution < 1.29 is 27.9 Å². The predicted molar refractivity (Wildman–Crippen MR) is 69.8 cm³/mol. The Morgan fingerprint density at radius 1 is 1.29 bits per heavy atom. The van der Waals surface area contributed by atoms with E-state index in [2.05, 4.69) is 5.32 Å². The highest BCUT2D eigenvalue weighted by atomic mass is 19.4. The van der Waals surface area contributed by atoms with E-state index in [4.69, 9.17) is 10.8 Å². The first-order valence-electron chi connectivity index (χ1n) is 6.04. The van der Waals surface area contributed by atoms with Gasteiger partial charge in [0.2, 0.25) is 5.91 Å². The van der Waals surface area contributed by atoms with Gasteiger partial charge in [-0.3, -0.25) is 4.79 Å². The zero-order valence-electron chi connectivity index (χ0n) is 11.4. The summed E-state index contributed by atoms with van der Waals surface area (Å²) >= 11 is 0. The maximum atomic E-state index is 12.6. The van der Waals surface area contributed by atoms with Crippen molar-refractivity contribution in [3.05, 3.63) is 29.3 Å². The number of aromatic carboxylic acids is 1. The summed E-state index contributed by atoms with van der Waals surface area (Å²) in [6.07, 6.45) is -4.65. The number of carbonyl (C=O) groups excluding carboxylic acids is 1. The molecule has 0 aliphatic heterocycles. The van der Waals surface area contributed by atoms with Crippen molar-refractivity contribution in [2.45, 2.75) is 26.1 Å². The van der Waals surface area contributed by atoms with Crippen molar-refractivity contribution in [1.82, 2.24) is 0 Å². The van der Waals surface area contributed by atoms with Crippen LogP contribution in [0.3, 0.4) is 0 Å². The third kappa shape index (κ3) is 4.11. The van der Waals surface area contributed by atoms with Gasteiger partial charge < -0.3 is 16.2 Å². The average molecular weight is 304 g/mol. The summed E-state index contributed by atoms with van der Waals surface area (Å²) in [6.45, 7) is 3.35. The molecule has 1 aromatic carbocycles. The summed E-state index contributed by atoms with van der Waals surface area (Å²) in [5.41, 5.74) is 3.44. The minimum Gasteiger partial charge on any atom is -0.478 e. The summed E-state index contributed by atoms with van der Waals surface area (Å²) < 4.78 is 37.8. The molecule has 0 aromatic heterocycles. The largest absolute Gasteiger partial charge is 0.478 e. The molecule has 5 nitrogen and oxygen atoms in total. The summed E-state index contributed by atoms with van der Waals surface area (Å²) in [5.74, 6) is -2.51. The zero-order valence-corrected chi connectivity index (χ0v) is 11.4. The number of carboxylic acid groups (broad SMARTS) is 1. The van der Waals surface area contributed by atoms with Crippen molar-refractivity contribution in [2.24, 2.45) is 11.7 Å². The Balaban J connectivity index is 3.24. The Bertz CT molecular complexity index is 556. The lowest BCUT2D eigenvalue weighted by molar-refractivity contribution is -0.137. The second-order valence-corrected chi connectivity index (χ2v) is 4.83. The third-order valence-electron chi connectivity index (χ3n) is 2.86. The van der Waals surface area contributed by atoms with Crippen LogP contribution in [0.15, 0.2) is 18.2 Å². The molecule has 0 saturated heterocycles. The molecule has 116 valence electrons. The molecule has 0 spiro atoms. The molecule has 0 heterocycles. The van der Waals surface area contributed by atoms with Crippen molar-refractivity contribution in [2.75, 3.05) is 5.32 Å². The number of carboxylic acids is 1. The Hall–Kier alpha value is -2.25. The van der Waals surface area contributed by atoms with E-state index in [0.717, 1.165) is 12.1 Å². The number of alkyl halides is 3. The molecule has 1 rings (SSSR count).